The third-order valence-corrected chi connectivity index (χ3v) is 8.07. The van der Waals surface area contributed by atoms with Crippen LogP contribution < -0.4 is 4.74 Å². The summed E-state index contributed by atoms with van der Waals surface area (Å²) in [6.07, 6.45) is 5.36. The minimum Gasteiger partial charge on any atom is -0.429 e. The molecule has 1 nitrogen and oxygen atoms in total. The predicted molar refractivity (Wildman–Crippen MR) is 175 cm³/mol. The van der Waals surface area contributed by atoms with Crippen LogP contribution in [0.4, 0.5) is 35.1 Å². The number of benzene rings is 5. The lowest BCUT2D eigenvalue weighted by atomic mass is 9.99. The first kappa shape index (κ1) is 35.4. The maximum atomic E-state index is 15.0. The van der Waals surface area contributed by atoms with Gasteiger partial charge in [-0.1, -0.05) is 74.4 Å². The van der Waals surface area contributed by atoms with Gasteiger partial charge in [-0.05, 0) is 96.0 Å². The molecule has 5 aromatic rings. The van der Waals surface area contributed by atoms with Crippen LogP contribution >= 0.6 is 0 Å². The molecule has 0 aliphatic rings. The monoisotopic (exact) mass is 680 g/mol. The zero-order valence-electron chi connectivity index (χ0n) is 26.5. The van der Waals surface area contributed by atoms with Crippen LogP contribution in [0.25, 0.3) is 28.3 Å². The highest BCUT2D eigenvalue weighted by molar-refractivity contribution is 5.72. The molecular formula is C40H32F8O. The van der Waals surface area contributed by atoms with Crippen molar-refractivity contribution in [2.45, 2.75) is 51.6 Å². The Kier molecular flexibility index (Phi) is 11.2. The van der Waals surface area contributed by atoms with Crippen molar-refractivity contribution in [1.82, 2.24) is 0 Å². The molecule has 0 aromatic heterocycles. The highest BCUT2D eigenvalue weighted by Crippen LogP contribution is 2.36. The Balaban J connectivity index is 1.21. The molecule has 0 aliphatic heterocycles. The van der Waals surface area contributed by atoms with Crippen LogP contribution in [0.5, 0.6) is 5.75 Å². The van der Waals surface area contributed by atoms with Crippen molar-refractivity contribution < 1.29 is 39.9 Å². The topological polar surface area (TPSA) is 9.23 Å². The van der Waals surface area contributed by atoms with Crippen LogP contribution in [0.1, 0.15) is 54.9 Å². The van der Waals surface area contributed by atoms with E-state index in [2.05, 4.69) is 35.9 Å². The van der Waals surface area contributed by atoms with E-state index in [4.69, 9.17) is 0 Å². The van der Waals surface area contributed by atoms with E-state index in [0.717, 1.165) is 61.2 Å². The van der Waals surface area contributed by atoms with Gasteiger partial charge in [-0.2, -0.15) is 8.78 Å². The zero-order chi connectivity index (χ0) is 35.1. The van der Waals surface area contributed by atoms with E-state index in [-0.39, 0.29) is 22.3 Å². The largest absolute Gasteiger partial charge is 0.429 e. The number of alkyl halides is 2. The average molecular weight is 681 g/mol. The number of halogens is 8. The van der Waals surface area contributed by atoms with Crippen molar-refractivity contribution in [3.63, 3.8) is 0 Å². The van der Waals surface area contributed by atoms with E-state index in [9.17, 15) is 22.0 Å². The fourth-order valence-electron chi connectivity index (χ4n) is 5.42. The van der Waals surface area contributed by atoms with Crippen LogP contribution in [0.2, 0.25) is 0 Å². The van der Waals surface area contributed by atoms with Crippen LogP contribution in [0, 0.1) is 34.9 Å². The second-order valence-electron chi connectivity index (χ2n) is 11.7. The predicted octanol–water partition coefficient (Wildman–Crippen LogP) is 12.4. The number of aryl methyl sites for hydroxylation is 2. The van der Waals surface area contributed by atoms with Gasteiger partial charge in [-0.25, -0.2) is 26.3 Å². The molecule has 5 rings (SSSR count). The molecule has 0 N–H and O–H groups in total. The van der Waals surface area contributed by atoms with Crippen LogP contribution in [-0.4, -0.2) is 0 Å². The molecule has 49 heavy (non-hydrogen) atoms. The lowest BCUT2D eigenvalue weighted by Gasteiger charge is -2.19. The summed E-state index contributed by atoms with van der Waals surface area (Å²) in [4.78, 5) is 0. The van der Waals surface area contributed by atoms with Gasteiger partial charge in [-0.3, -0.25) is 0 Å². The van der Waals surface area contributed by atoms with E-state index >= 15 is 13.2 Å². The quantitative estimate of drug-likeness (QED) is 0.0683. The summed E-state index contributed by atoms with van der Waals surface area (Å²) in [5, 5.41) is 0. The minimum absolute atomic E-state index is 0.0227. The Morgan fingerprint density at radius 1 is 0.592 bits per heavy atom. The average Bonchev–Trinajstić information content (AvgIpc) is 3.06. The number of hydrogen-bond acceptors (Lipinski definition) is 1. The minimum atomic E-state index is -4.16. The zero-order valence-corrected chi connectivity index (χ0v) is 26.5. The fraction of sp³-hybridized carbons (Fsp3) is 0.200. The van der Waals surface area contributed by atoms with Crippen molar-refractivity contribution in [3.05, 3.63) is 154 Å². The molecule has 0 heterocycles. The number of rotatable bonds is 13. The Bertz CT molecular complexity index is 1930. The van der Waals surface area contributed by atoms with Crippen molar-refractivity contribution >= 4 is 6.08 Å². The van der Waals surface area contributed by atoms with E-state index in [1.165, 1.54) is 30.5 Å². The van der Waals surface area contributed by atoms with Gasteiger partial charge in [-0.15, -0.1) is 0 Å². The molecule has 5 aromatic carbocycles. The van der Waals surface area contributed by atoms with Crippen molar-refractivity contribution in [2.75, 3.05) is 0 Å². The molecule has 0 fully saturated rings. The second-order valence-corrected chi connectivity index (χ2v) is 11.7. The molecule has 0 amide bonds. The normalized spacial score (nSPS) is 11.8. The lowest BCUT2D eigenvalue weighted by Crippen LogP contribution is -2.23. The molecule has 0 aliphatic carbocycles. The summed E-state index contributed by atoms with van der Waals surface area (Å²) < 4.78 is 120. The van der Waals surface area contributed by atoms with Crippen LogP contribution in [-0.2, 0) is 19.0 Å². The van der Waals surface area contributed by atoms with E-state index in [1.807, 2.05) is 6.08 Å². The van der Waals surface area contributed by atoms with Gasteiger partial charge in [0.15, 0.2) is 17.5 Å². The maximum absolute atomic E-state index is 15.0. The highest BCUT2D eigenvalue weighted by Gasteiger charge is 2.38. The van der Waals surface area contributed by atoms with Gasteiger partial charge < -0.3 is 4.74 Å². The molecule has 0 atom stereocenters. The SMILES string of the molecule is CCCCCc1ccc(CC/C=C/c2ccc(C(F)(F)Oc3ccc(-c4ccc(-c5cc(F)c(F)c(F)c5)c(F)c4)c(F)c3)c(F)c2)cc1. The molecule has 9 heteroatoms. The summed E-state index contributed by atoms with van der Waals surface area (Å²) in [6.45, 7) is 2.17. The molecule has 0 radical (unpaired) electrons. The molecule has 254 valence electrons. The first-order valence-corrected chi connectivity index (χ1v) is 15.8. The lowest BCUT2D eigenvalue weighted by molar-refractivity contribution is -0.187. The first-order valence-electron chi connectivity index (χ1n) is 15.8. The maximum Gasteiger partial charge on any atom is 0.429 e. The number of hydrogen-bond donors (Lipinski definition) is 0. The van der Waals surface area contributed by atoms with Crippen molar-refractivity contribution in [3.8, 4) is 28.0 Å². The second kappa shape index (κ2) is 15.5. The van der Waals surface area contributed by atoms with Gasteiger partial charge in [0.1, 0.15) is 23.2 Å². The number of ether oxygens (including phenoxy) is 1. The fourth-order valence-corrected chi connectivity index (χ4v) is 5.42. The van der Waals surface area contributed by atoms with Crippen molar-refractivity contribution in [2.24, 2.45) is 0 Å². The van der Waals surface area contributed by atoms with Gasteiger partial charge >= 0.3 is 6.11 Å². The van der Waals surface area contributed by atoms with Crippen molar-refractivity contribution in [1.29, 1.82) is 0 Å². The van der Waals surface area contributed by atoms with Gasteiger partial charge in [0.2, 0.25) is 0 Å². The van der Waals surface area contributed by atoms with Gasteiger partial charge in [0.05, 0.1) is 5.56 Å². The number of unbranched alkanes of at least 4 members (excludes halogenated alkanes) is 2. The Labute approximate surface area is 279 Å². The Morgan fingerprint density at radius 2 is 1.20 bits per heavy atom. The van der Waals surface area contributed by atoms with Crippen LogP contribution in [0.3, 0.4) is 0 Å². The molecule has 0 spiro atoms. The summed E-state index contributed by atoms with van der Waals surface area (Å²) in [7, 11) is 0. The Morgan fingerprint density at radius 3 is 1.84 bits per heavy atom. The Hall–Kier alpha value is -4.92. The molecular weight excluding hydrogens is 648 g/mol. The van der Waals surface area contributed by atoms with Crippen LogP contribution in [0.15, 0.2) is 97.1 Å². The standard InChI is InChI=1S/C40H32F8O/c1-2-3-4-7-25-10-12-26(13-11-25)8-5-6-9-27-14-19-33(36(43)20-27)40(47,48)49-30-16-18-31(35(42)24-30)28-15-17-32(34(41)21-28)29-22-37(44)39(46)38(45)23-29/h6,9-24H,2-5,7-8H2,1H3/b9-6+. The summed E-state index contributed by atoms with van der Waals surface area (Å²) >= 11 is 0. The summed E-state index contributed by atoms with van der Waals surface area (Å²) in [6, 6.07) is 18.8. The molecule has 0 saturated carbocycles. The molecule has 0 saturated heterocycles. The van der Waals surface area contributed by atoms with Gasteiger partial charge in [0.25, 0.3) is 0 Å². The van der Waals surface area contributed by atoms with Gasteiger partial charge in [0, 0.05) is 17.2 Å². The molecule has 0 bridgehead atoms. The molecule has 0 unspecified atom stereocenters. The third-order valence-electron chi connectivity index (χ3n) is 8.07. The van der Waals surface area contributed by atoms with E-state index < -0.39 is 52.3 Å². The summed E-state index contributed by atoms with van der Waals surface area (Å²) in [5.74, 6) is -8.59. The first-order chi connectivity index (χ1) is 23.4. The van der Waals surface area contributed by atoms with E-state index in [1.54, 1.807) is 6.08 Å². The highest BCUT2D eigenvalue weighted by atomic mass is 19.3. The third kappa shape index (κ3) is 8.76. The smallest absolute Gasteiger partial charge is 0.429 e. The summed E-state index contributed by atoms with van der Waals surface area (Å²) in [5.41, 5.74) is 1.03. The number of allylic oxidation sites excluding steroid dienone is 1. The van der Waals surface area contributed by atoms with E-state index in [0.29, 0.717) is 30.2 Å².